The Kier molecular flexibility index (Phi) is 1.87. The molecule has 13 heavy (non-hydrogen) atoms. The number of hydrogen-bond acceptors (Lipinski definition) is 1. The molecule has 2 aliphatic rings. The van der Waals surface area contributed by atoms with Crippen molar-refractivity contribution in [1.82, 2.24) is 0 Å². The number of fused-ring (bicyclic) bond motifs is 2. The first kappa shape index (κ1) is 9.87. The summed E-state index contributed by atoms with van der Waals surface area (Å²) < 4.78 is 39.6. The Balaban J connectivity index is 2.40. The van der Waals surface area contributed by atoms with E-state index in [4.69, 9.17) is 23.2 Å². The van der Waals surface area contributed by atoms with E-state index >= 15 is 0 Å². The molecular formula is C7H7Cl2F3O. The van der Waals surface area contributed by atoms with E-state index < -0.39 is 34.4 Å². The molecule has 1 nitrogen and oxygen atoms in total. The third-order valence-corrected chi connectivity index (χ3v) is 4.10. The lowest BCUT2D eigenvalue weighted by Gasteiger charge is -2.36. The first-order chi connectivity index (χ1) is 5.80. The Morgan fingerprint density at radius 1 is 1.23 bits per heavy atom. The van der Waals surface area contributed by atoms with Crippen molar-refractivity contribution in [3.05, 3.63) is 0 Å². The molecule has 2 aliphatic carbocycles. The minimum Gasteiger partial charge on any atom is -0.391 e. The highest BCUT2D eigenvalue weighted by atomic mass is 35.5. The molecule has 2 bridgehead atoms. The summed E-state index contributed by atoms with van der Waals surface area (Å²) in [7, 11) is 0. The van der Waals surface area contributed by atoms with Crippen LogP contribution in [-0.4, -0.2) is 27.6 Å². The molecular weight excluding hydrogens is 228 g/mol. The minimum atomic E-state index is -3.68. The SMILES string of the molecule is O[C@@H]1[C@@H](Cl)[C@H]2C[C@H]1C(F)(F)[C@@]2(F)Cl. The molecule has 2 rings (SSSR count). The summed E-state index contributed by atoms with van der Waals surface area (Å²) >= 11 is 10.7. The molecule has 2 saturated carbocycles. The predicted molar refractivity (Wildman–Crippen MR) is 41.9 cm³/mol. The smallest absolute Gasteiger partial charge is 0.300 e. The zero-order chi connectivity index (χ0) is 10.0. The number of aliphatic hydroxyl groups is 1. The topological polar surface area (TPSA) is 20.2 Å². The lowest BCUT2D eigenvalue weighted by atomic mass is 9.91. The van der Waals surface area contributed by atoms with Crippen LogP contribution in [0.15, 0.2) is 0 Å². The molecule has 0 unspecified atom stereocenters. The Bertz CT molecular complexity index is 222. The highest BCUT2D eigenvalue weighted by Gasteiger charge is 2.76. The van der Waals surface area contributed by atoms with Crippen molar-refractivity contribution in [2.75, 3.05) is 0 Å². The molecule has 6 heteroatoms. The Morgan fingerprint density at radius 3 is 2.15 bits per heavy atom. The fourth-order valence-electron chi connectivity index (χ4n) is 2.21. The lowest BCUT2D eigenvalue weighted by molar-refractivity contribution is -0.158. The van der Waals surface area contributed by atoms with Crippen molar-refractivity contribution in [1.29, 1.82) is 0 Å². The zero-order valence-corrected chi connectivity index (χ0v) is 7.87. The molecule has 0 aromatic heterocycles. The fraction of sp³-hybridized carbons (Fsp3) is 1.00. The van der Waals surface area contributed by atoms with E-state index in [1.54, 1.807) is 0 Å². The second-order valence-electron chi connectivity index (χ2n) is 3.63. The number of aliphatic hydroxyl groups excluding tert-OH is 1. The van der Waals surface area contributed by atoms with Gasteiger partial charge in [0.05, 0.1) is 17.4 Å². The van der Waals surface area contributed by atoms with Gasteiger partial charge in [0.2, 0.25) is 0 Å². The van der Waals surface area contributed by atoms with Gasteiger partial charge < -0.3 is 5.11 Å². The number of hydrogen-bond donors (Lipinski definition) is 1. The third-order valence-electron chi connectivity index (χ3n) is 3.01. The van der Waals surface area contributed by atoms with Crippen LogP contribution >= 0.6 is 23.2 Å². The molecule has 76 valence electrons. The molecule has 0 amide bonds. The van der Waals surface area contributed by atoms with Gasteiger partial charge in [0, 0.05) is 5.92 Å². The number of halogens is 5. The van der Waals surface area contributed by atoms with Crippen molar-refractivity contribution in [3.8, 4) is 0 Å². The summed E-state index contributed by atoms with van der Waals surface area (Å²) in [5.41, 5.74) is 0. The van der Waals surface area contributed by atoms with Crippen LogP contribution in [0.25, 0.3) is 0 Å². The fourth-order valence-corrected chi connectivity index (χ4v) is 3.09. The number of rotatable bonds is 0. The molecule has 5 atom stereocenters. The maximum absolute atomic E-state index is 13.3. The molecule has 2 fully saturated rings. The van der Waals surface area contributed by atoms with Crippen molar-refractivity contribution < 1.29 is 18.3 Å². The summed E-state index contributed by atoms with van der Waals surface area (Å²) in [6.45, 7) is 0. The van der Waals surface area contributed by atoms with E-state index in [1.165, 1.54) is 0 Å². The summed E-state index contributed by atoms with van der Waals surface area (Å²) in [4.78, 5) is 0. The first-order valence-electron chi connectivity index (χ1n) is 3.88. The van der Waals surface area contributed by atoms with Crippen molar-refractivity contribution in [2.24, 2.45) is 11.8 Å². The van der Waals surface area contributed by atoms with E-state index in [0.29, 0.717) is 0 Å². The van der Waals surface area contributed by atoms with Gasteiger partial charge in [-0.1, -0.05) is 11.6 Å². The van der Waals surface area contributed by atoms with Crippen molar-refractivity contribution >= 4 is 23.2 Å². The summed E-state index contributed by atoms with van der Waals surface area (Å²) in [6.07, 6.45) is -1.51. The average molecular weight is 235 g/mol. The van der Waals surface area contributed by atoms with Crippen LogP contribution in [0.3, 0.4) is 0 Å². The average Bonchev–Trinajstić information content (AvgIpc) is 2.36. The largest absolute Gasteiger partial charge is 0.391 e. The second-order valence-corrected chi connectivity index (χ2v) is 4.68. The van der Waals surface area contributed by atoms with Gasteiger partial charge in [0.15, 0.2) is 0 Å². The zero-order valence-electron chi connectivity index (χ0n) is 6.35. The molecule has 0 saturated heterocycles. The van der Waals surface area contributed by atoms with Crippen molar-refractivity contribution in [2.45, 2.75) is 29.0 Å². The minimum absolute atomic E-state index is 0.150. The molecule has 0 aromatic carbocycles. The third kappa shape index (κ3) is 0.944. The van der Waals surface area contributed by atoms with E-state index in [2.05, 4.69) is 0 Å². The molecule has 0 radical (unpaired) electrons. The quantitative estimate of drug-likeness (QED) is 0.637. The first-order valence-corrected chi connectivity index (χ1v) is 4.69. The predicted octanol–water partition coefficient (Wildman–Crippen LogP) is 2.14. The van der Waals surface area contributed by atoms with Gasteiger partial charge in [-0.15, -0.1) is 11.6 Å². The normalized spacial score (nSPS) is 58.6. The Labute approximate surface area is 82.8 Å². The van der Waals surface area contributed by atoms with E-state index in [0.717, 1.165) is 0 Å². The van der Waals surface area contributed by atoms with Gasteiger partial charge in [-0.25, -0.2) is 13.2 Å². The monoisotopic (exact) mass is 234 g/mol. The molecule has 0 heterocycles. The van der Waals surface area contributed by atoms with Gasteiger partial charge in [0.1, 0.15) is 0 Å². The van der Waals surface area contributed by atoms with Crippen LogP contribution in [0.2, 0.25) is 0 Å². The highest BCUT2D eigenvalue weighted by molar-refractivity contribution is 6.27. The molecule has 0 spiro atoms. The van der Waals surface area contributed by atoms with Gasteiger partial charge in [0.25, 0.3) is 5.13 Å². The van der Waals surface area contributed by atoms with Crippen LogP contribution in [0.5, 0.6) is 0 Å². The van der Waals surface area contributed by atoms with E-state index in [-0.39, 0.29) is 6.42 Å². The van der Waals surface area contributed by atoms with Gasteiger partial charge in [-0.2, -0.15) is 0 Å². The van der Waals surface area contributed by atoms with Gasteiger partial charge in [-0.05, 0) is 6.42 Å². The Morgan fingerprint density at radius 2 is 1.77 bits per heavy atom. The van der Waals surface area contributed by atoms with Crippen LogP contribution in [0, 0.1) is 11.8 Å². The second kappa shape index (κ2) is 2.47. The van der Waals surface area contributed by atoms with E-state index in [1.807, 2.05) is 0 Å². The highest BCUT2D eigenvalue weighted by Crippen LogP contribution is 2.64. The summed E-state index contributed by atoms with van der Waals surface area (Å²) in [5, 5.41) is 5.12. The maximum Gasteiger partial charge on any atom is 0.300 e. The standard InChI is InChI=1S/C7H7Cl2F3O/c8-4-2-1-3(5(4)13)7(11,12)6(2,9)10/h2-5,13H,1H2/t2-,3-,4+,5+,6-/m1/s1. The Hall–Kier alpha value is 0.330. The lowest BCUT2D eigenvalue weighted by Crippen LogP contribution is -2.54. The van der Waals surface area contributed by atoms with Crippen LogP contribution < -0.4 is 0 Å². The van der Waals surface area contributed by atoms with Crippen molar-refractivity contribution in [3.63, 3.8) is 0 Å². The summed E-state index contributed by atoms with van der Waals surface area (Å²) in [6, 6.07) is 0. The van der Waals surface area contributed by atoms with Gasteiger partial charge in [-0.3, -0.25) is 0 Å². The van der Waals surface area contributed by atoms with Gasteiger partial charge >= 0.3 is 5.92 Å². The van der Waals surface area contributed by atoms with Crippen LogP contribution in [0.4, 0.5) is 13.2 Å². The number of alkyl halides is 5. The molecule has 1 N–H and O–H groups in total. The molecule has 0 aliphatic heterocycles. The van der Waals surface area contributed by atoms with E-state index in [9.17, 15) is 18.3 Å². The summed E-state index contributed by atoms with van der Waals surface area (Å²) in [5.74, 6) is -6.28. The molecule has 0 aromatic rings. The van der Waals surface area contributed by atoms with Crippen LogP contribution in [-0.2, 0) is 0 Å². The van der Waals surface area contributed by atoms with Crippen LogP contribution in [0.1, 0.15) is 6.42 Å². The maximum atomic E-state index is 13.3.